The molecule has 24 heavy (non-hydrogen) atoms. The number of amides is 2. The van der Waals surface area contributed by atoms with Gasteiger partial charge in [0.25, 0.3) is 0 Å². The number of piperidine rings is 1. The zero-order valence-electron chi connectivity index (χ0n) is 15.7. The number of carbonyl (C=O) groups is 2. The summed E-state index contributed by atoms with van der Waals surface area (Å²) in [5.74, 6) is 0.0256. The number of carbonyl (C=O) groups excluding carboxylic acids is 2. The molecular formula is C18H33N3O3. The van der Waals surface area contributed by atoms with Gasteiger partial charge in [-0.15, -0.1) is 0 Å². The summed E-state index contributed by atoms with van der Waals surface area (Å²) >= 11 is 0. The van der Waals surface area contributed by atoms with Gasteiger partial charge < -0.3 is 14.5 Å². The molecule has 138 valence electrons. The first-order chi connectivity index (χ1) is 11.3. The Balaban J connectivity index is 1.77. The summed E-state index contributed by atoms with van der Waals surface area (Å²) in [4.78, 5) is 30.5. The van der Waals surface area contributed by atoms with Gasteiger partial charge in [-0.3, -0.25) is 9.69 Å². The molecule has 6 nitrogen and oxygen atoms in total. The van der Waals surface area contributed by atoms with Gasteiger partial charge in [-0.25, -0.2) is 4.79 Å². The largest absolute Gasteiger partial charge is 0.444 e. The van der Waals surface area contributed by atoms with Crippen molar-refractivity contribution >= 4 is 12.0 Å². The van der Waals surface area contributed by atoms with Crippen LogP contribution in [0.15, 0.2) is 0 Å². The number of nitrogens with zero attached hydrogens (tertiary/aromatic N) is 3. The van der Waals surface area contributed by atoms with E-state index in [-0.39, 0.29) is 18.5 Å². The average molecular weight is 339 g/mol. The molecule has 0 bridgehead atoms. The van der Waals surface area contributed by atoms with E-state index in [1.165, 1.54) is 32.4 Å². The Kier molecular flexibility index (Phi) is 6.49. The van der Waals surface area contributed by atoms with Gasteiger partial charge in [0.2, 0.25) is 5.91 Å². The number of piperazine rings is 1. The van der Waals surface area contributed by atoms with Gasteiger partial charge in [0.1, 0.15) is 12.1 Å². The van der Waals surface area contributed by atoms with Crippen LogP contribution >= 0.6 is 0 Å². The van der Waals surface area contributed by atoms with E-state index in [1.54, 1.807) is 4.90 Å². The second-order valence-corrected chi connectivity index (χ2v) is 8.05. The van der Waals surface area contributed by atoms with Crippen LogP contribution in [0.2, 0.25) is 0 Å². The van der Waals surface area contributed by atoms with E-state index in [0.717, 1.165) is 19.5 Å². The molecule has 0 radical (unpaired) electrons. The van der Waals surface area contributed by atoms with Gasteiger partial charge in [0.15, 0.2) is 0 Å². The highest BCUT2D eigenvalue weighted by molar-refractivity contribution is 5.84. The second-order valence-electron chi connectivity index (χ2n) is 8.05. The van der Waals surface area contributed by atoms with E-state index >= 15 is 0 Å². The minimum atomic E-state index is -0.536. The van der Waals surface area contributed by atoms with Crippen molar-refractivity contribution in [3.8, 4) is 0 Å². The molecule has 0 unspecified atom stereocenters. The smallest absolute Gasteiger partial charge is 0.411 e. The molecule has 0 N–H and O–H groups in total. The van der Waals surface area contributed by atoms with Crippen molar-refractivity contribution < 1.29 is 14.3 Å². The van der Waals surface area contributed by atoms with Crippen molar-refractivity contribution in [2.45, 2.75) is 65.0 Å². The number of hydrogen-bond acceptors (Lipinski definition) is 4. The Labute approximate surface area is 146 Å². The van der Waals surface area contributed by atoms with Crippen molar-refractivity contribution in [1.82, 2.24) is 14.7 Å². The van der Waals surface area contributed by atoms with Crippen LogP contribution in [-0.4, -0.2) is 77.6 Å². The van der Waals surface area contributed by atoms with E-state index in [4.69, 9.17) is 4.74 Å². The first-order valence-corrected chi connectivity index (χ1v) is 9.26. The van der Waals surface area contributed by atoms with Gasteiger partial charge in [0.05, 0.1) is 6.04 Å². The number of likely N-dealkylation sites (tertiary alicyclic amines) is 1. The highest BCUT2D eigenvalue weighted by atomic mass is 16.6. The van der Waals surface area contributed by atoms with E-state index in [0.29, 0.717) is 6.54 Å². The van der Waals surface area contributed by atoms with Crippen molar-refractivity contribution in [1.29, 1.82) is 0 Å². The van der Waals surface area contributed by atoms with Gasteiger partial charge >= 0.3 is 6.09 Å². The first-order valence-electron chi connectivity index (χ1n) is 9.26. The van der Waals surface area contributed by atoms with Gasteiger partial charge in [0, 0.05) is 13.1 Å². The monoisotopic (exact) mass is 339 g/mol. The summed E-state index contributed by atoms with van der Waals surface area (Å²) in [5.41, 5.74) is -0.536. The van der Waals surface area contributed by atoms with Crippen LogP contribution in [0.25, 0.3) is 0 Å². The predicted molar refractivity (Wildman–Crippen MR) is 93.9 cm³/mol. The molecule has 0 aromatic rings. The van der Waals surface area contributed by atoms with E-state index in [9.17, 15) is 9.59 Å². The summed E-state index contributed by atoms with van der Waals surface area (Å²) in [6, 6.07) is -0.00691. The summed E-state index contributed by atoms with van der Waals surface area (Å²) in [6.45, 7) is 12.5. The normalized spacial score (nSPS) is 23.5. The first kappa shape index (κ1) is 19.0. The molecule has 0 spiro atoms. The summed E-state index contributed by atoms with van der Waals surface area (Å²) in [6.07, 6.45) is 4.55. The summed E-state index contributed by atoms with van der Waals surface area (Å²) in [7, 11) is 0. The zero-order valence-corrected chi connectivity index (χ0v) is 15.7. The third-order valence-electron chi connectivity index (χ3n) is 4.65. The van der Waals surface area contributed by atoms with Gasteiger partial charge in [-0.1, -0.05) is 6.42 Å². The lowest BCUT2D eigenvalue weighted by molar-refractivity contribution is -0.138. The average Bonchev–Trinajstić information content (AvgIpc) is 2.49. The molecule has 6 heteroatoms. The van der Waals surface area contributed by atoms with E-state index in [1.807, 2.05) is 32.6 Å². The number of ether oxygens (including phenoxy) is 1. The highest BCUT2D eigenvalue weighted by Gasteiger charge is 2.34. The van der Waals surface area contributed by atoms with Crippen LogP contribution in [0.5, 0.6) is 0 Å². The lowest BCUT2D eigenvalue weighted by atomic mass is 10.1. The third kappa shape index (κ3) is 5.65. The Hall–Kier alpha value is -1.30. The van der Waals surface area contributed by atoms with Crippen LogP contribution in [0.1, 0.15) is 53.4 Å². The standard InChI is InChI=1S/C18H33N3O3/c1-15-13-20(12-8-11-19-9-6-5-7-10-19)16(22)14-21(15)17(23)24-18(2,3)4/h15H,5-14H2,1-4H3/t15-/m0/s1. The molecule has 0 aromatic heterocycles. The number of rotatable bonds is 4. The molecule has 2 amide bonds. The van der Waals surface area contributed by atoms with Gasteiger partial charge in [-0.2, -0.15) is 0 Å². The molecule has 0 aliphatic carbocycles. The molecule has 0 aromatic carbocycles. The maximum atomic E-state index is 12.4. The topological polar surface area (TPSA) is 53.1 Å². The minimum Gasteiger partial charge on any atom is -0.444 e. The van der Waals surface area contributed by atoms with Crippen molar-refractivity contribution in [2.24, 2.45) is 0 Å². The fourth-order valence-corrected chi connectivity index (χ4v) is 3.37. The molecule has 2 saturated heterocycles. The molecule has 1 atom stereocenters. The fourth-order valence-electron chi connectivity index (χ4n) is 3.37. The predicted octanol–water partition coefficient (Wildman–Crippen LogP) is 2.33. The minimum absolute atomic E-state index is 0.00691. The quantitative estimate of drug-likeness (QED) is 0.789. The molecule has 2 aliphatic heterocycles. The molecule has 0 saturated carbocycles. The van der Waals surface area contributed by atoms with Crippen LogP contribution < -0.4 is 0 Å². The Bertz CT molecular complexity index is 441. The second kappa shape index (κ2) is 8.19. The molecule has 2 fully saturated rings. The Morgan fingerprint density at radius 3 is 2.46 bits per heavy atom. The highest BCUT2D eigenvalue weighted by Crippen LogP contribution is 2.17. The fraction of sp³-hybridized carbons (Fsp3) is 0.889. The van der Waals surface area contributed by atoms with Crippen molar-refractivity contribution in [2.75, 3.05) is 39.3 Å². The lowest BCUT2D eigenvalue weighted by Gasteiger charge is -2.40. The summed E-state index contributed by atoms with van der Waals surface area (Å²) < 4.78 is 5.40. The molecule has 2 heterocycles. The van der Waals surface area contributed by atoms with Crippen molar-refractivity contribution in [3.63, 3.8) is 0 Å². The van der Waals surface area contributed by atoms with E-state index in [2.05, 4.69) is 4.90 Å². The van der Waals surface area contributed by atoms with Crippen LogP contribution in [-0.2, 0) is 9.53 Å². The lowest BCUT2D eigenvalue weighted by Crippen LogP contribution is -2.57. The molecular weight excluding hydrogens is 306 g/mol. The maximum absolute atomic E-state index is 12.4. The van der Waals surface area contributed by atoms with Crippen LogP contribution in [0, 0.1) is 0 Å². The van der Waals surface area contributed by atoms with Crippen molar-refractivity contribution in [3.05, 3.63) is 0 Å². The number of hydrogen-bond donors (Lipinski definition) is 0. The van der Waals surface area contributed by atoms with Gasteiger partial charge in [-0.05, 0) is 66.6 Å². The zero-order chi connectivity index (χ0) is 17.7. The Morgan fingerprint density at radius 1 is 1.17 bits per heavy atom. The SMILES string of the molecule is C[C@H]1CN(CCCN2CCCCC2)C(=O)CN1C(=O)OC(C)(C)C. The molecule has 2 aliphatic rings. The van der Waals surface area contributed by atoms with Crippen LogP contribution in [0.3, 0.4) is 0 Å². The molecule has 2 rings (SSSR count). The summed E-state index contributed by atoms with van der Waals surface area (Å²) in [5, 5.41) is 0. The van der Waals surface area contributed by atoms with E-state index < -0.39 is 11.7 Å². The maximum Gasteiger partial charge on any atom is 0.411 e. The Morgan fingerprint density at radius 2 is 1.83 bits per heavy atom. The third-order valence-corrected chi connectivity index (χ3v) is 4.65. The van der Waals surface area contributed by atoms with Crippen LogP contribution in [0.4, 0.5) is 4.79 Å².